The second-order valence-corrected chi connectivity index (χ2v) is 9.43. The molecule has 1 aliphatic rings. The molecule has 0 unspecified atom stereocenters. The van der Waals surface area contributed by atoms with Crippen molar-refractivity contribution in [2.75, 3.05) is 25.0 Å². The lowest BCUT2D eigenvalue weighted by atomic mass is 10.1. The summed E-state index contributed by atoms with van der Waals surface area (Å²) in [6, 6.07) is 19.4. The quantitative estimate of drug-likeness (QED) is 0.446. The maximum atomic E-state index is 12.8. The van der Waals surface area contributed by atoms with E-state index in [0.717, 1.165) is 47.1 Å². The Kier molecular flexibility index (Phi) is 6.22. The van der Waals surface area contributed by atoms with Crippen molar-refractivity contribution in [3.63, 3.8) is 0 Å². The Balaban J connectivity index is 1.44. The molecule has 0 saturated carbocycles. The Morgan fingerprint density at radius 1 is 0.909 bits per heavy atom. The lowest BCUT2D eigenvalue weighted by Gasteiger charge is -2.33. The molecule has 0 aliphatic carbocycles. The predicted octanol–water partition coefficient (Wildman–Crippen LogP) is 5.54. The predicted molar refractivity (Wildman–Crippen MR) is 118 cm³/mol. The van der Waals surface area contributed by atoms with Crippen LogP contribution in [0.5, 0.6) is 17.2 Å². The Labute approximate surface area is 189 Å². The number of anilines is 2. The van der Waals surface area contributed by atoms with Gasteiger partial charge in [-0.25, -0.2) is 12.7 Å². The van der Waals surface area contributed by atoms with E-state index in [4.69, 9.17) is 4.74 Å². The molecule has 1 heterocycles. The summed E-state index contributed by atoms with van der Waals surface area (Å²) in [4.78, 5) is 1.97. The molecule has 0 radical (unpaired) electrons. The number of hydrogen-bond donors (Lipinski definition) is 0. The molecule has 0 spiro atoms. The third kappa shape index (κ3) is 5.07. The van der Waals surface area contributed by atoms with Crippen LogP contribution < -0.4 is 14.4 Å². The largest absolute Gasteiger partial charge is 0.573 e. The maximum Gasteiger partial charge on any atom is 0.573 e. The third-order valence-corrected chi connectivity index (χ3v) is 7.02. The second-order valence-electron chi connectivity index (χ2n) is 7.39. The Morgan fingerprint density at radius 2 is 1.45 bits per heavy atom. The average molecular weight is 478 g/mol. The first kappa shape index (κ1) is 22.9. The van der Waals surface area contributed by atoms with Crippen molar-refractivity contribution < 1.29 is 31.1 Å². The van der Waals surface area contributed by atoms with Gasteiger partial charge >= 0.3 is 6.36 Å². The number of para-hydroxylation sites is 4. The molecule has 33 heavy (non-hydrogen) atoms. The van der Waals surface area contributed by atoms with E-state index in [9.17, 15) is 21.6 Å². The van der Waals surface area contributed by atoms with Crippen molar-refractivity contribution in [3.8, 4) is 17.2 Å². The second kappa shape index (κ2) is 8.95. The molecule has 0 saturated heterocycles. The van der Waals surface area contributed by atoms with Crippen LogP contribution in [0.1, 0.15) is 6.42 Å². The van der Waals surface area contributed by atoms with Gasteiger partial charge < -0.3 is 14.4 Å². The number of benzene rings is 3. The van der Waals surface area contributed by atoms with Crippen molar-refractivity contribution in [3.05, 3.63) is 72.8 Å². The van der Waals surface area contributed by atoms with Crippen LogP contribution in [0.2, 0.25) is 0 Å². The third-order valence-electron chi connectivity index (χ3n) is 5.15. The molecule has 6 nitrogen and oxygen atoms in total. The summed E-state index contributed by atoms with van der Waals surface area (Å²) in [5.41, 5.74) is 1.78. The van der Waals surface area contributed by atoms with E-state index in [1.54, 1.807) is 0 Å². The zero-order valence-corrected chi connectivity index (χ0v) is 18.4. The highest BCUT2D eigenvalue weighted by atomic mass is 32.2. The fourth-order valence-electron chi connectivity index (χ4n) is 3.59. The van der Waals surface area contributed by atoms with Gasteiger partial charge in [0.05, 0.1) is 16.3 Å². The molecule has 0 bridgehead atoms. The summed E-state index contributed by atoms with van der Waals surface area (Å²) >= 11 is 0. The normalized spacial score (nSPS) is 13.3. The molecule has 4 rings (SSSR count). The van der Waals surface area contributed by atoms with Gasteiger partial charge in [0.25, 0.3) is 0 Å². The molecule has 1 aliphatic heterocycles. The van der Waals surface area contributed by atoms with E-state index in [1.165, 1.54) is 11.4 Å². The van der Waals surface area contributed by atoms with Gasteiger partial charge in [0.2, 0.25) is 10.0 Å². The molecule has 0 amide bonds. The molecule has 0 fully saturated rings. The smallest absolute Gasteiger partial charge is 0.453 e. The van der Waals surface area contributed by atoms with Crippen molar-refractivity contribution in [1.29, 1.82) is 0 Å². The molecule has 3 aromatic rings. The van der Waals surface area contributed by atoms with Crippen molar-refractivity contribution >= 4 is 21.4 Å². The standard InChI is InChI=1S/C23H21F3N2O4S/c1-27(33(29,30)18-13-11-17(12-14-18)32-23(24,25)26)15-6-16-28-19-7-2-4-9-21(19)31-22-10-5-3-8-20(22)28/h2-5,7-14H,6,15-16H2,1H3. The van der Waals surface area contributed by atoms with Crippen molar-refractivity contribution in [1.82, 2.24) is 4.31 Å². The molecule has 0 N–H and O–H groups in total. The highest BCUT2D eigenvalue weighted by Gasteiger charge is 2.31. The summed E-state index contributed by atoms with van der Waals surface area (Å²) in [5, 5.41) is 0. The van der Waals surface area contributed by atoms with Gasteiger partial charge in [-0.05, 0) is 55.0 Å². The minimum absolute atomic E-state index is 0.110. The molecular weight excluding hydrogens is 457 g/mol. The number of alkyl halides is 3. The highest BCUT2D eigenvalue weighted by Crippen LogP contribution is 2.46. The minimum Gasteiger partial charge on any atom is -0.453 e. The van der Waals surface area contributed by atoms with E-state index in [-0.39, 0.29) is 11.4 Å². The average Bonchev–Trinajstić information content (AvgIpc) is 2.77. The van der Waals surface area contributed by atoms with Gasteiger partial charge in [0.1, 0.15) is 5.75 Å². The number of rotatable bonds is 7. The molecule has 10 heteroatoms. The fraction of sp³-hybridized carbons (Fsp3) is 0.217. The van der Waals surface area contributed by atoms with E-state index < -0.39 is 22.1 Å². The van der Waals surface area contributed by atoms with Crippen LogP contribution in [-0.4, -0.2) is 39.2 Å². The van der Waals surface area contributed by atoms with Crippen molar-refractivity contribution in [2.45, 2.75) is 17.7 Å². The summed E-state index contributed by atoms with van der Waals surface area (Å²) in [5.74, 6) is 0.963. The Morgan fingerprint density at radius 3 is 2.00 bits per heavy atom. The van der Waals surface area contributed by atoms with Gasteiger partial charge in [-0.3, -0.25) is 0 Å². The number of sulfonamides is 1. The summed E-state index contributed by atoms with van der Waals surface area (Å²) in [6.45, 7) is 0.750. The van der Waals surface area contributed by atoms with Crippen LogP contribution in [0.4, 0.5) is 24.5 Å². The lowest BCUT2D eigenvalue weighted by molar-refractivity contribution is -0.274. The zero-order chi connectivity index (χ0) is 23.6. The van der Waals surface area contributed by atoms with Crippen LogP contribution in [0.3, 0.4) is 0 Å². The molecule has 3 aromatic carbocycles. The summed E-state index contributed by atoms with van der Waals surface area (Å²) in [7, 11) is -2.43. The molecule has 174 valence electrons. The first-order valence-corrected chi connectivity index (χ1v) is 11.5. The number of fused-ring (bicyclic) bond motifs is 2. The van der Waals surface area contributed by atoms with Crippen LogP contribution in [0.25, 0.3) is 0 Å². The topological polar surface area (TPSA) is 59.1 Å². The first-order valence-electron chi connectivity index (χ1n) is 10.1. The van der Waals surface area contributed by atoms with E-state index in [0.29, 0.717) is 13.0 Å². The molecular formula is C23H21F3N2O4S. The van der Waals surface area contributed by atoms with Gasteiger partial charge in [-0.15, -0.1) is 13.2 Å². The zero-order valence-electron chi connectivity index (χ0n) is 17.6. The minimum atomic E-state index is -4.84. The molecule has 0 aromatic heterocycles. The number of halogens is 3. The van der Waals surface area contributed by atoms with Crippen LogP contribution in [0.15, 0.2) is 77.7 Å². The van der Waals surface area contributed by atoms with E-state index in [1.807, 2.05) is 48.5 Å². The first-order chi connectivity index (χ1) is 15.6. The monoisotopic (exact) mass is 478 g/mol. The van der Waals surface area contributed by atoms with Gasteiger partial charge in [-0.1, -0.05) is 24.3 Å². The van der Waals surface area contributed by atoms with Gasteiger partial charge in [0, 0.05) is 20.1 Å². The highest BCUT2D eigenvalue weighted by molar-refractivity contribution is 7.89. The van der Waals surface area contributed by atoms with E-state index >= 15 is 0 Å². The lowest BCUT2D eigenvalue weighted by Crippen LogP contribution is -2.31. The molecule has 0 atom stereocenters. The number of nitrogens with zero attached hydrogens (tertiary/aromatic N) is 2. The van der Waals surface area contributed by atoms with Gasteiger partial charge in [0.15, 0.2) is 11.5 Å². The van der Waals surface area contributed by atoms with Gasteiger partial charge in [-0.2, -0.15) is 0 Å². The van der Waals surface area contributed by atoms with E-state index in [2.05, 4.69) is 9.64 Å². The Bertz CT molecular complexity index is 1190. The fourth-order valence-corrected chi connectivity index (χ4v) is 4.80. The summed E-state index contributed by atoms with van der Waals surface area (Å²) in [6.07, 6.45) is -4.33. The Hall–Kier alpha value is -3.24. The number of ether oxygens (including phenoxy) is 2. The number of hydrogen-bond acceptors (Lipinski definition) is 5. The summed E-state index contributed by atoms with van der Waals surface area (Å²) < 4.78 is 73.6. The van der Waals surface area contributed by atoms with Crippen LogP contribution in [0, 0.1) is 0 Å². The maximum absolute atomic E-state index is 12.8. The van der Waals surface area contributed by atoms with Crippen LogP contribution >= 0.6 is 0 Å². The van der Waals surface area contributed by atoms with Crippen LogP contribution in [-0.2, 0) is 10.0 Å². The SMILES string of the molecule is CN(CCCN1c2ccccc2Oc2ccccc21)S(=O)(=O)c1ccc(OC(F)(F)F)cc1. The van der Waals surface area contributed by atoms with Crippen molar-refractivity contribution in [2.24, 2.45) is 0 Å².